The van der Waals surface area contributed by atoms with Gasteiger partial charge in [0.05, 0.1) is 12.2 Å². The second-order valence-electron chi connectivity index (χ2n) is 5.75. The predicted octanol–water partition coefficient (Wildman–Crippen LogP) is 2.09. The molecule has 1 saturated heterocycles. The Hall–Kier alpha value is -0.120. The standard InChI is InChI=1S/C14H27NO2/c1-2-9-15-13-5-7-14(16,8-6-13)12-4-3-10-17-11-12/h12-13,15-16H,2-11H2,1H3. The Balaban J connectivity index is 1.79. The van der Waals surface area contributed by atoms with Crippen LogP contribution < -0.4 is 5.32 Å². The van der Waals surface area contributed by atoms with Crippen LogP contribution in [0.2, 0.25) is 0 Å². The molecule has 3 heteroatoms. The Bertz CT molecular complexity index is 218. The fourth-order valence-electron chi connectivity index (χ4n) is 3.24. The maximum absolute atomic E-state index is 10.7. The maximum Gasteiger partial charge on any atom is 0.0699 e. The molecule has 2 fully saturated rings. The first kappa shape index (κ1) is 13.3. The number of hydrogen-bond donors (Lipinski definition) is 2. The van der Waals surface area contributed by atoms with Crippen molar-refractivity contribution in [3.05, 3.63) is 0 Å². The van der Waals surface area contributed by atoms with E-state index >= 15 is 0 Å². The summed E-state index contributed by atoms with van der Waals surface area (Å²) in [5, 5.41) is 14.3. The van der Waals surface area contributed by atoms with E-state index in [-0.39, 0.29) is 0 Å². The number of nitrogens with one attached hydrogen (secondary N) is 1. The molecule has 1 aliphatic heterocycles. The van der Waals surface area contributed by atoms with Gasteiger partial charge in [-0.05, 0) is 51.5 Å². The molecule has 0 amide bonds. The lowest BCUT2D eigenvalue weighted by atomic mass is 9.72. The van der Waals surface area contributed by atoms with E-state index < -0.39 is 5.60 Å². The van der Waals surface area contributed by atoms with Crippen molar-refractivity contribution in [1.29, 1.82) is 0 Å². The van der Waals surface area contributed by atoms with Crippen LogP contribution in [0.5, 0.6) is 0 Å². The van der Waals surface area contributed by atoms with Gasteiger partial charge in [-0.15, -0.1) is 0 Å². The summed E-state index contributed by atoms with van der Waals surface area (Å²) in [5.74, 6) is 0.378. The summed E-state index contributed by atoms with van der Waals surface area (Å²) in [6.07, 6.45) is 7.58. The van der Waals surface area contributed by atoms with Crippen molar-refractivity contribution < 1.29 is 9.84 Å². The number of aliphatic hydroxyl groups is 1. The third-order valence-corrected chi connectivity index (χ3v) is 4.45. The molecule has 2 rings (SSSR count). The smallest absolute Gasteiger partial charge is 0.0699 e. The SMILES string of the molecule is CCCNC1CCC(O)(C2CCCOC2)CC1. The molecular weight excluding hydrogens is 214 g/mol. The molecule has 100 valence electrons. The van der Waals surface area contributed by atoms with Crippen molar-refractivity contribution in [2.75, 3.05) is 19.8 Å². The second-order valence-corrected chi connectivity index (χ2v) is 5.75. The van der Waals surface area contributed by atoms with Gasteiger partial charge in [-0.3, -0.25) is 0 Å². The maximum atomic E-state index is 10.7. The van der Waals surface area contributed by atoms with E-state index in [0.717, 1.165) is 58.3 Å². The van der Waals surface area contributed by atoms with Crippen LogP contribution in [0.3, 0.4) is 0 Å². The molecule has 1 saturated carbocycles. The first-order chi connectivity index (χ1) is 8.24. The van der Waals surface area contributed by atoms with E-state index in [1.54, 1.807) is 0 Å². The molecule has 0 radical (unpaired) electrons. The fraction of sp³-hybridized carbons (Fsp3) is 1.00. The van der Waals surface area contributed by atoms with Crippen molar-refractivity contribution in [2.45, 2.75) is 63.5 Å². The quantitative estimate of drug-likeness (QED) is 0.792. The average molecular weight is 241 g/mol. The Morgan fingerprint density at radius 3 is 2.65 bits per heavy atom. The number of rotatable bonds is 4. The van der Waals surface area contributed by atoms with Gasteiger partial charge in [0.15, 0.2) is 0 Å². The highest BCUT2D eigenvalue weighted by atomic mass is 16.5. The van der Waals surface area contributed by atoms with Gasteiger partial charge in [0, 0.05) is 18.6 Å². The van der Waals surface area contributed by atoms with Gasteiger partial charge >= 0.3 is 0 Å². The molecule has 0 spiro atoms. The van der Waals surface area contributed by atoms with Crippen molar-refractivity contribution >= 4 is 0 Å². The molecular formula is C14H27NO2. The van der Waals surface area contributed by atoms with E-state index in [2.05, 4.69) is 12.2 Å². The average Bonchev–Trinajstić information content (AvgIpc) is 2.39. The zero-order chi connectivity index (χ0) is 12.1. The second kappa shape index (κ2) is 6.17. The first-order valence-corrected chi connectivity index (χ1v) is 7.28. The first-order valence-electron chi connectivity index (χ1n) is 7.28. The summed E-state index contributed by atoms with van der Waals surface area (Å²) < 4.78 is 5.52. The highest BCUT2D eigenvalue weighted by molar-refractivity contribution is 4.93. The highest BCUT2D eigenvalue weighted by Crippen LogP contribution is 2.38. The normalized spacial score (nSPS) is 39.2. The monoisotopic (exact) mass is 241 g/mol. The third kappa shape index (κ3) is 3.43. The van der Waals surface area contributed by atoms with Crippen molar-refractivity contribution in [3.63, 3.8) is 0 Å². The summed E-state index contributed by atoms with van der Waals surface area (Å²) in [7, 11) is 0. The summed E-state index contributed by atoms with van der Waals surface area (Å²) in [4.78, 5) is 0. The van der Waals surface area contributed by atoms with Gasteiger partial charge in [-0.2, -0.15) is 0 Å². The van der Waals surface area contributed by atoms with E-state index in [1.165, 1.54) is 6.42 Å². The molecule has 0 aromatic heterocycles. The van der Waals surface area contributed by atoms with Crippen LogP contribution in [-0.2, 0) is 4.74 Å². The molecule has 2 N–H and O–H groups in total. The predicted molar refractivity (Wildman–Crippen MR) is 69.0 cm³/mol. The Morgan fingerprint density at radius 1 is 1.29 bits per heavy atom. The minimum absolute atomic E-state index is 0.378. The summed E-state index contributed by atoms with van der Waals surface area (Å²) >= 11 is 0. The van der Waals surface area contributed by atoms with Crippen LogP contribution in [0.25, 0.3) is 0 Å². The minimum atomic E-state index is -0.440. The van der Waals surface area contributed by atoms with Crippen LogP contribution >= 0.6 is 0 Å². The van der Waals surface area contributed by atoms with Gasteiger partial charge in [0.1, 0.15) is 0 Å². The Morgan fingerprint density at radius 2 is 2.06 bits per heavy atom. The fourth-order valence-corrected chi connectivity index (χ4v) is 3.24. The van der Waals surface area contributed by atoms with Gasteiger partial charge in [0.2, 0.25) is 0 Å². The van der Waals surface area contributed by atoms with E-state index in [0.29, 0.717) is 12.0 Å². The molecule has 0 aromatic rings. The van der Waals surface area contributed by atoms with E-state index in [4.69, 9.17) is 4.74 Å². The molecule has 1 unspecified atom stereocenters. The number of ether oxygens (including phenoxy) is 1. The van der Waals surface area contributed by atoms with Gasteiger partial charge < -0.3 is 15.2 Å². The largest absolute Gasteiger partial charge is 0.390 e. The van der Waals surface area contributed by atoms with Crippen molar-refractivity contribution in [2.24, 2.45) is 5.92 Å². The van der Waals surface area contributed by atoms with Crippen LogP contribution in [-0.4, -0.2) is 36.5 Å². The topological polar surface area (TPSA) is 41.5 Å². The Kier molecular flexibility index (Phi) is 4.83. The van der Waals surface area contributed by atoms with Gasteiger partial charge in [-0.1, -0.05) is 6.92 Å². The zero-order valence-corrected chi connectivity index (χ0v) is 11.1. The van der Waals surface area contributed by atoms with Gasteiger partial charge in [-0.25, -0.2) is 0 Å². The van der Waals surface area contributed by atoms with Crippen molar-refractivity contribution in [3.8, 4) is 0 Å². The van der Waals surface area contributed by atoms with Crippen LogP contribution in [0.15, 0.2) is 0 Å². The Labute approximate surface area is 105 Å². The van der Waals surface area contributed by atoms with Crippen LogP contribution in [0, 0.1) is 5.92 Å². The molecule has 1 aliphatic carbocycles. The molecule has 1 heterocycles. The third-order valence-electron chi connectivity index (χ3n) is 4.45. The molecule has 0 aromatic carbocycles. The molecule has 1 atom stereocenters. The van der Waals surface area contributed by atoms with E-state index in [9.17, 15) is 5.11 Å². The molecule has 0 bridgehead atoms. The molecule has 2 aliphatic rings. The lowest BCUT2D eigenvalue weighted by Gasteiger charge is -2.43. The van der Waals surface area contributed by atoms with E-state index in [1.807, 2.05) is 0 Å². The lowest BCUT2D eigenvalue weighted by molar-refractivity contribution is -0.101. The van der Waals surface area contributed by atoms with Gasteiger partial charge in [0.25, 0.3) is 0 Å². The summed E-state index contributed by atoms with van der Waals surface area (Å²) in [6, 6.07) is 0.625. The molecule has 3 nitrogen and oxygen atoms in total. The summed E-state index contributed by atoms with van der Waals surface area (Å²) in [6.45, 7) is 4.96. The number of hydrogen-bond acceptors (Lipinski definition) is 3. The molecule has 17 heavy (non-hydrogen) atoms. The van der Waals surface area contributed by atoms with Crippen LogP contribution in [0.4, 0.5) is 0 Å². The lowest BCUT2D eigenvalue weighted by Crippen LogP contribution is -2.48. The van der Waals surface area contributed by atoms with Crippen LogP contribution in [0.1, 0.15) is 51.9 Å². The minimum Gasteiger partial charge on any atom is -0.390 e. The van der Waals surface area contributed by atoms with Crippen molar-refractivity contribution in [1.82, 2.24) is 5.32 Å². The zero-order valence-electron chi connectivity index (χ0n) is 11.1. The summed E-state index contributed by atoms with van der Waals surface area (Å²) in [5.41, 5.74) is -0.440. The highest BCUT2D eigenvalue weighted by Gasteiger charge is 2.40.